The third-order valence-electron chi connectivity index (χ3n) is 7.65. The van der Waals surface area contributed by atoms with Crippen molar-refractivity contribution in [3.05, 3.63) is 75.1 Å². The van der Waals surface area contributed by atoms with Gasteiger partial charge in [-0.05, 0) is 73.2 Å². The van der Waals surface area contributed by atoms with Crippen molar-refractivity contribution in [1.29, 1.82) is 0 Å². The van der Waals surface area contributed by atoms with Gasteiger partial charge in [0.2, 0.25) is 11.8 Å². The van der Waals surface area contributed by atoms with Crippen LogP contribution in [0.3, 0.4) is 0 Å². The summed E-state index contributed by atoms with van der Waals surface area (Å²) in [5.74, 6) is -0.00217. The molecule has 0 spiro atoms. The smallest absolute Gasteiger partial charge is 0.389 e. The molecule has 40 heavy (non-hydrogen) atoms. The summed E-state index contributed by atoms with van der Waals surface area (Å²) < 4.78 is 21.0. The fraction of sp³-hybridized carbons (Fsp3) is 0.367. The second-order valence-corrected chi connectivity index (χ2v) is 11.3. The van der Waals surface area contributed by atoms with Gasteiger partial charge in [0.15, 0.2) is 0 Å². The van der Waals surface area contributed by atoms with Crippen molar-refractivity contribution in [3.63, 3.8) is 0 Å². The van der Waals surface area contributed by atoms with E-state index in [2.05, 4.69) is 10.4 Å². The molecule has 3 aromatic rings. The summed E-state index contributed by atoms with van der Waals surface area (Å²) in [7, 11) is 0. The first-order chi connectivity index (χ1) is 19.2. The van der Waals surface area contributed by atoms with Crippen LogP contribution in [0.5, 0.6) is 5.88 Å². The first kappa shape index (κ1) is 28.2. The van der Waals surface area contributed by atoms with Crippen molar-refractivity contribution in [2.75, 3.05) is 6.54 Å². The number of nitrogens with zero attached hydrogens (tertiary/aromatic N) is 3. The molecule has 0 radical (unpaired) electrons. The number of benzene rings is 2. The van der Waals surface area contributed by atoms with Crippen LogP contribution in [0.2, 0.25) is 10.0 Å². The summed E-state index contributed by atoms with van der Waals surface area (Å²) in [6.45, 7) is 3.96. The molecule has 0 saturated heterocycles. The zero-order valence-corrected chi connectivity index (χ0v) is 23.9. The number of rotatable bonds is 5. The molecule has 1 aromatic heterocycles. The molecule has 7 nitrogen and oxygen atoms in total. The Morgan fingerprint density at radius 3 is 2.50 bits per heavy atom. The standard InChI is InChI=1S/C30H31Cl2FN4O3/c1-18(21-6-4-3-5-7-21)34-30(39)40-29-25-17-36(19(2)38)16-22(14-20-8-11-24(33)12-9-20)28(25)37(35-29)27-13-10-23(31)15-26(27)32/h8-15,18,21H,3-7,16-17H2,1-2H3,(H,34,39)/b22-14+/t18-/m1/s1. The van der Waals surface area contributed by atoms with E-state index >= 15 is 0 Å². The second-order valence-electron chi connectivity index (χ2n) is 10.5. The first-order valence-corrected chi connectivity index (χ1v) is 14.2. The number of aromatic nitrogens is 2. The highest BCUT2D eigenvalue weighted by molar-refractivity contribution is 6.35. The minimum atomic E-state index is -0.600. The normalized spacial score (nSPS) is 17.4. The summed E-state index contributed by atoms with van der Waals surface area (Å²) in [5, 5.41) is 8.48. The molecule has 1 fully saturated rings. The van der Waals surface area contributed by atoms with Gasteiger partial charge in [-0.2, -0.15) is 0 Å². The van der Waals surface area contributed by atoms with E-state index in [1.165, 1.54) is 25.5 Å². The number of ether oxygens (including phenoxy) is 1. The molecule has 210 valence electrons. The van der Waals surface area contributed by atoms with Gasteiger partial charge in [0.05, 0.1) is 28.5 Å². The molecule has 0 bridgehead atoms. The van der Waals surface area contributed by atoms with E-state index < -0.39 is 6.09 Å². The maximum atomic E-state index is 13.6. The fourth-order valence-electron chi connectivity index (χ4n) is 5.49. The van der Waals surface area contributed by atoms with Crippen LogP contribution in [-0.2, 0) is 11.3 Å². The molecular formula is C30H31Cl2FN4O3. The van der Waals surface area contributed by atoms with Crippen molar-refractivity contribution >= 4 is 46.9 Å². The SMILES string of the molecule is CC(=O)N1C/C(=C\c2ccc(F)cc2)c2c(c(OC(=O)N[C@H](C)C3CCCCC3)nn2-c2ccc(Cl)cc2Cl)C1. The summed E-state index contributed by atoms with van der Waals surface area (Å²) in [6, 6.07) is 11.1. The van der Waals surface area contributed by atoms with Gasteiger partial charge in [-0.25, -0.2) is 13.9 Å². The third kappa shape index (κ3) is 6.18. The van der Waals surface area contributed by atoms with E-state index in [9.17, 15) is 14.0 Å². The van der Waals surface area contributed by atoms with E-state index in [1.54, 1.807) is 39.9 Å². The van der Waals surface area contributed by atoms with Crippen LogP contribution >= 0.6 is 23.2 Å². The first-order valence-electron chi connectivity index (χ1n) is 13.5. The number of carbonyl (C=O) groups is 2. The maximum Gasteiger partial charge on any atom is 0.414 e. The topological polar surface area (TPSA) is 76.5 Å². The Bertz CT molecular complexity index is 1450. The van der Waals surface area contributed by atoms with Crippen molar-refractivity contribution < 1.29 is 18.7 Å². The number of fused-ring (bicyclic) bond motifs is 1. The molecule has 1 saturated carbocycles. The van der Waals surface area contributed by atoms with Gasteiger partial charge in [0.25, 0.3) is 0 Å². The van der Waals surface area contributed by atoms with Gasteiger partial charge in [-0.1, -0.05) is 54.6 Å². The number of halogens is 3. The summed E-state index contributed by atoms with van der Waals surface area (Å²) in [5.41, 5.74) is 3.22. The molecule has 5 rings (SSSR count). The zero-order chi connectivity index (χ0) is 28.4. The van der Waals surface area contributed by atoms with Crippen molar-refractivity contribution in [1.82, 2.24) is 20.0 Å². The lowest BCUT2D eigenvalue weighted by Crippen LogP contribution is -2.40. The monoisotopic (exact) mass is 584 g/mol. The Kier molecular flexibility index (Phi) is 8.47. The van der Waals surface area contributed by atoms with E-state index in [1.807, 2.05) is 13.0 Å². The molecule has 2 heterocycles. The lowest BCUT2D eigenvalue weighted by molar-refractivity contribution is -0.128. The maximum absolute atomic E-state index is 13.6. The van der Waals surface area contributed by atoms with Crippen LogP contribution in [0.25, 0.3) is 17.3 Å². The molecule has 2 aliphatic rings. The number of hydrogen-bond acceptors (Lipinski definition) is 4. The Labute approximate surface area is 242 Å². The average molecular weight is 586 g/mol. The largest absolute Gasteiger partial charge is 0.414 e. The molecule has 1 aliphatic carbocycles. The summed E-state index contributed by atoms with van der Waals surface area (Å²) >= 11 is 12.7. The predicted molar refractivity (Wildman–Crippen MR) is 154 cm³/mol. The van der Waals surface area contributed by atoms with Crippen LogP contribution in [0.1, 0.15) is 62.8 Å². The van der Waals surface area contributed by atoms with Crippen LogP contribution in [0.4, 0.5) is 9.18 Å². The second kappa shape index (κ2) is 12.0. The lowest BCUT2D eigenvalue weighted by atomic mass is 9.85. The summed E-state index contributed by atoms with van der Waals surface area (Å²) in [4.78, 5) is 27.3. The quantitative estimate of drug-likeness (QED) is 0.342. The Morgan fingerprint density at radius 1 is 1.10 bits per heavy atom. The minimum absolute atomic E-state index is 0.0425. The molecule has 2 amide bonds. The Morgan fingerprint density at radius 2 is 1.82 bits per heavy atom. The van der Waals surface area contributed by atoms with Crippen molar-refractivity contribution in [2.45, 2.75) is 58.5 Å². The van der Waals surface area contributed by atoms with Crippen LogP contribution in [-0.4, -0.2) is 39.3 Å². The Balaban J connectivity index is 1.57. The zero-order valence-electron chi connectivity index (χ0n) is 22.4. The molecule has 1 N–H and O–H groups in total. The number of carbonyl (C=O) groups excluding carboxylic acids is 2. The molecular weight excluding hydrogens is 554 g/mol. The van der Waals surface area contributed by atoms with Gasteiger partial charge in [0.1, 0.15) is 5.82 Å². The fourth-order valence-corrected chi connectivity index (χ4v) is 5.98. The summed E-state index contributed by atoms with van der Waals surface area (Å²) in [6.07, 6.45) is 6.97. The van der Waals surface area contributed by atoms with E-state index in [-0.39, 0.29) is 36.7 Å². The highest BCUT2D eigenvalue weighted by atomic mass is 35.5. The van der Waals surface area contributed by atoms with Crippen molar-refractivity contribution in [3.8, 4) is 11.6 Å². The number of amides is 2. The molecule has 2 aromatic carbocycles. The Hall–Kier alpha value is -3.36. The predicted octanol–water partition coefficient (Wildman–Crippen LogP) is 7.28. The highest BCUT2D eigenvalue weighted by Crippen LogP contribution is 2.38. The minimum Gasteiger partial charge on any atom is -0.389 e. The lowest BCUT2D eigenvalue weighted by Gasteiger charge is -2.29. The van der Waals surface area contributed by atoms with Gasteiger partial charge in [0, 0.05) is 24.5 Å². The number of nitrogens with one attached hydrogen (secondary N) is 1. The van der Waals surface area contributed by atoms with Crippen LogP contribution < -0.4 is 10.1 Å². The average Bonchev–Trinajstić information content (AvgIpc) is 3.28. The molecule has 1 aliphatic heterocycles. The van der Waals surface area contributed by atoms with Crippen LogP contribution in [0, 0.1) is 11.7 Å². The third-order valence-corrected chi connectivity index (χ3v) is 8.18. The molecule has 1 atom stereocenters. The van der Waals surface area contributed by atoms with Crippen molar-refractivity contribution in [2.24, 2.45) is 5.92 Å². The van der Waals surface area contributed by atoms with E-state index in [0.717, 1.165) is 36.8 Å². The number of hydrogen-bond donors (Lipinski definition) is 1. The van der Waals surface area contributed by atoms with Gasteiger partial charge in [-0.15, -0.1) is 5.10 Å². The van der Waals surface area contributed by atoms with Gasteiger partial charge < -0.3 is 15.0 Å². The van der Waals surface area contributed by atoms with E-state index in [0.29, 0.717) is 32.9 Å². The highest BCUT2D eigenvalue weighted by Gasteiger charge is 2.33. The molecule has 10 heteroatoms. The van der Waals surface area contributed by atoms with E-state index in [4.69, 9.17) is 27.9 Å². The molecule has 0 unspecified atom stereocenters. The van der Waals surface area contributed by atoms with Gasteiger partial charge >= 0.3 is 6.09 Å². The van der Waals surface area contributed by atoms with Gasteiger partial charge in [-0.3, -0.25) is 4.79 Å². The van der Waals surface area contributed by atoms with Crippen LogP contribution in [0.15, 0.2) is 42.5 Å².